The van der Waals surface area contributed by atoms with Crippen LogP contribution in [0, 0.1) is 0 Å². The fraction of sp³-hybridized carbons (Fsp3) is 0.750. The Hall–Kier alpha value is -1.48. The predicted octanol–water partition coefficient (Wildman–Crippen LogP) is 2.32. The van der Waals surface area contributed by atoms with E-state index in [2.05, 4.69) is 9.47 Å². The molecule has 0 spiro atoms. The number of alkyl halides is 6. The maximum absolute atomic E-state index is 11.7. The Morgan fingerprint density at radius 1 is 0.889 bits per heavy atom. The highest BCUT2D eigenvalue weighted by Gasteiger charge is 2.35. The highest BCUT2D eigenvalue weighted by atomic mass is 19.4. The summed E-state index contributed by atoms with van der Waals surface area (Å²) in [5.74, 6) is -3.51. The number of esters is 2. The summed E-state index contributed by atoms with van der Waals surface area (Å²) < 4.78 is 78.0. The average molecular weight is 282 g/mol. The molecule has 0 amide bonds. The average Bonchev–Trinajstić information content (AvgIpc) is 1.92. The Labute approximate surface area is 96.8 Å². The minimum Gasteiger partial charge on any atom is -0.425 e. The van der Waals surface area contributed by atoms with E-state index in [1.54, 1.807) is 0 Å². The predicted molar refractivity (Wildman–Crippen MR) is 43.0 cm³/mol. The van der Waals surface area contributed by atoms with Crippen molar-refractivity contribution in [3.63, 3.8) is 0 Å². The van der Waals surface area contributed by atoms with E-state index >= 15 is 0 Å². The lowest BCUT2D eigenvalue weighted by molar-refractivity contribution is -0.203. The first kappa shape index (κ1) is 16.5. The minimum absolute atomic E-state index is 0.822. The zero-order chi connectivity index (χ0) is 14.6. The van der Waals surface area contributed by atoms with Crippen LogP contribution in [0.2, 0.25) is 0 Å². The van der Waals surface area contributed by atoms with E-state index < -0.39 is 43.4 Å². The second kappa shape index (κ2) is 5.91. The molecule has 0 aliphatic carbocycles. The molecule has 0 aliphatic heterocycles. The van der Waals surface area contributed by atoms with E-state index in [1.807, 2.05) is 0 Å². The monoisotopic (exact) mass is 282 g/mol. The minimum atomic E-state index is -4.81. The SMILES string of the molecule is CC(OC(=O)CC(F)(F)F)OC(=O)CC(F)(F)F. The van der Waals surface area contributed by atoms with Gasteiger partial charge in [0.05, 0.1) is 0 Å². The van der Waals surface area contributed by atoms with E-state index in [-0.39, 0.29) is 0 Å². The summed E-state index contributed by atoms with van der Waals surface area (Å²) in [6.07, 6.45) is -15.3. The van der Waals surface area contributed by atoms with Crippen LogP contribution in [-0.4, -0.2) is 30.6 Å². The van der Waals surface area contributed by atoms with Gasteiger partial charge in [0.2, 0.25) is 6.29 Å². The molecule has 0 bridgehead atoms. The van der Waals surface area contributed by atoms with Gasteiger partial charge in [-0.25, -0.2) is 0 Å². The first-order chi connectivity index (χ1) is 7.89. The van der Waals surface area contributed by atoms with Crippen LogP contribution in [0.4, 0.5) is 26.3 Å². The Bertz CT molecular complexity index is 278. The zero-order valence-electron chi connectivity index (χ0n) is 8.89. The van der Waals surface area contributed by atoms with Gasteiger partial charge in [-0.1, -0.05) is 0 Å². The fourth-order valence-corrected chi connectivity index (χ4v) is 0.805. The van der Waals surface area contributed by atoms with Gasteiger partial charge in [0.25, 0.3) is 0 Å². The molecule has 0 aromatic rings. The van der Waals surface area contributed by atoms with Crippen molar-refractivity contribution in [2.45, 2.75) is 38.4 Å². The molecule has 0 aromatic carbocycles. The zero-order valence-corrected chi connectivity index (χ0v) is 8.89. The molecule has 0 saturated heterocycles. The lowest BCUT2D eigenvalue weighted by Gasteiger charge is -2.15. The topological polar surface area (TPSA) is 52.6 Å². The Kier molecular flexibility index (Phi) is 5.43. The van der Waals surface area contributed by atoms with Crippen LogP contribution < -0.4 is 0 Å². The summed E-state index contributed by atoms with van der Waals surface area (Å²) in [6, 6.07) is 0. The van der Waals surface area contributed by atoms with E-state index in [0.717, 1.165) is 6.92 Å². The van der Waals surface area contributed by atoms with Crippen LogP contribution in [0.1, 0.15) is 19.8 Å². The second-order valence-electron chi connectivity index (χ2n) is 3.13. The van der Waals surface area contributed by atoms with Crippen molar-refractivity contribution >= 4 is 11.9 Å². The molecule has 106 valence electrons. The Morgan fingerprint density at radius 2 is 1.17 bits per heavy atom. The maximum atomic E-state index is 11.7. The third-order valence-corrected chi connectivity index (χ3v) is 1.28. The maximum Gasteiger partial charge on any atom is 0.399 e. The molecule has 0 aromatic heterocycles. The summed E-state index contributed by atoms with van der Waals surface area (Å²) in [7, 11) is 0. The van der Waals surface area contributed by atoms with Crippen LogP contribution in [0.5, 0.6) is 0 Å². The fourth-order valence-electron chi connectivity index (χ4n) is 0.805. The quantitative estimate of drug-likeness (QED) is 0.451. The molecular weight excluding hydrogens is 274 g/mol. The molecule has 4 nitrogen and oxygen atoms in total. The molecule has 0 unspecified atom stereocenters. The number of hydrogen-bond acceptors (Lipinski definition) is 4. The van der Waals surface area contributed by atoms with Crippen LogP contribution in [-0.2, 0) is 19.1 Å². The van der Waals surface area contributed by atoms with Gasteiger partial charge in [-0.3, -0.25) is 9.59 Å². The highest BCUT2D eigenvalue weighted by Crippen LogP contribution is 2.22. The molecule has 0 rings (SSSR count). The molecule has 0 radical (unpaired) electrons. The molecule has 18 heavy (non-hydrogen) atoms. The van der Waals surface area contributed by atoms with Gasteiger partial charge < -0.3 is 9.47 Å². The number of ether oxygens (including phenoxy) is 2. The molecular formula is C8H8F6O4. The van der Waals surface area contributed by atoms with Crippen molar-refractivity contribution in [1.82, 2.24) is 0 Å². The van der Waals surface area contributed by atoms with E-state index in [1.165, 1.54) is 0 Å². The summed E-state index contributed by atoms with van der Waals surface area (Å²) in [4.78, 5) is 21.2. The van der Waals surface area contributed by atoms with Crippen LogP contribution in [0.25, 0.3) is 0 Å². The lowest BCUT2D eigenvalue weighted by Crippen LogP contribution is -2.27. The number of carbonyl (C=O) groups is 2. The third-order valence-electron chi connectivity index (χ3n) is 1.28. The van der Waals surface area contributed by atoms with Crippen LogP contribution in [0.3, 0.4) is 0 Å². The largest absolute Gasteiger partial charge is 0.425 e. The molecule has 0 heterocycles. The summed E-state index contributed by atoms with van der Waals surface area (Å²) in [5, 5.41) is 0. The van der Waals surface area contributed by atoms with Crippen molar-refractivity contribution in [3.05, 3.63) is 0 Å². The summed E-state index contributed by atoms with van der Waals surface area (Å²) >= 11 is 0. The van der Waals surface area contributed by atoms with Gasteiger partial charge in [-0.15, -0.1) is 0 Å². The number of hydrogen-bond donors (Lipinski definition) is 0. The molecule has 0 N–H and O–H groups in total. The lowest BCUT2D eigenvalue weighted by atomic mass is 10.4. The van der Waals surface area contributed by atoms with Gasteiger partial charge in [-0.2, -0.15) is 26.3 Å². The molecule has 10 heteroatoms. The standard InChI is InChI=1S/C8H8F6O4/c1-4(17-5(15)2-7(9,10)11)18-6(16)3-8(12,13)14/h4H,2-3H2,1H3. The van der Waals surface area contributed by atoms with Crippen molar-refractivity contribution in [2.75, 3.05) is 0 Å². The van der Waals surface area contributed by atoms with Gasteiger partial charge in [-0.05, 0) is 0 Å². The molecule has 0 atom stereocenters. The van der Waals surface area contributed by atoms with Crippen molar-refractivity contribution in [2.24, 2.45) is 0 Å². The van der Waals surface area contributed by atoms with Crippen molar-refractivity contribution in [1.29, 1.82) is 0 Å². The van der Waals surface area contributed by atoms with Crippen molar-refractivity contribution in [3.8, 4) is 0 Å². The smallest absolute Gasteiger partial charge is 0.399 e. The number of carbonyl (C=O) groups excluding carboxylic acids is 2. The highest BCUT2D eigenvalue weighted by molar-refractivity contribution is 5.72. The first-order valence-electron chi connectivity index (χ1n) is 4.41. The van der Waals surface area contributed by atoms with Gasteiger partial charge in [0.1, 0.15) is 12.8 Å². The van der Waals surface area contributed by atoms with Gasteiger partial charge in [0.15, 0.2) is 0 Å². The third kappa shape index (κ3) is 9.73. The van der Waals surface area contributed by atoms with Crippen LogP contribution >= 0.6 is 0 Å². The molecule has 0 aliphatic rings. The van der Waals surface area contributed by atoms with Crippen LogP contribution in [0.15, 0.2) is 0 Å². The number of halogens is 6. The normalized spacial score (nSPS) is 12.4. The van der Waals surface area contributed by atoms with Gasteiger partial charge in [0, 0.05) is 6.92 Å². The summed E-state index contributed by atoms with van der Waals surface area (Å²) in [6.45, 7) is 0.822. The number of rotatable bonds is 4. The van der Waals surface area contributed by atoms with Crippen molar-refractivity contribution < 1.29 is 45.4 Å². The van der Waals surface area contributed by atoms with E-state index in [0.29, 0.717) is 0 Å². The molecule has 0 saturated carbocycles. The molecule has 0 fully saturated rings. The first-order valence-corrected chi connectivity index (χ1v) is 4.41. The Morgan fingerprint density at radius 3 is 1.39 bits per heavy atom. The van der Waals surface area contributed by atoms with Gasteiger partial charge >= 0.3 is 24.3 Å². The summed E-state index contributed by atoms with van der Waals surface area (Å²) in [5.41, 5.74) is 0. The second-order valence-corrected chi connectivity index (χ2v) is 3.13. The van der Waals surface area contributed by atoms with E-state index in [4.69, 9.17) is 0 Å². The Balaban J connectivity index is 4.08. The van der Waals surface area contributed by atoms with E-state index in [9.17, 15) is 35.9 Å².